The molecule has 1 aliphatic rings. The number of nitrogen functional groups attached to an aromatic ring is 1. The first-order chi connectivity index (χ1) is 10.1. The predicted molar refractivity (Wildman–Crippen MR) is 86.7 cm³/mol. The number of anilines is 1. The fourth-order valence-corrected chi connectivity index (χ4v) is 4.03. The van der Waals surface area contributed by atoms with Gasteiger partial charge in [0.25, 0.3) is 0 Å². The van der Waals surface area contributed by atoms with Crippen LogP contribution in [0.2, 0.25) is 0 Å². The zero-order valence-corrected chi connectivity index (χ0v) is 13.3. The zero-order chi connectivity index (χ0) is 15.0. The van der Waals surface area contributed by atoms with E-state index in [0.29, 0.717) is 5.75 Å². The van der Waals surface area contributed by atoms with Crippen molar-refractivity contribution in [1.82, 2.24) is 4.98 Å². The Bertz CT molecular complexity index is 725. The first kappa shape index (κ1) is 14.3. The van der Waals surface area contributed by atoms with Gasteiger partial charge in [0.2, 0.25) is 0 Å². The molecule has 4 heteroatoms. The van der Waals surface area contributed by atoms with Gasteiger partial charge in [0, 0.05) is 16.8 Å². The molecule has 0 saturated carbocycles. The standard InChI is InChI=1S/C17H20N2OS/c1-11-9-19-16(12(2)17(11)18)10-21(20)15-7-6-13-4-3-5-14(13)8-15/h6-9H,3-5,10H2,1-2H3,(H2,18,19). The second kappa shape index (κ2) is 5.60. The molecule has 1 atom stereocenters. The van der Waals surface area contributed by atoms with Gasteiger partial charge < -0.3 is 5.73 Å². The normalized spacial score (nSPS) is 15.0. The minimum atomic E-state index is -1.07. The van der Waals surface area contributed by atoms with E-state index in [9.17, 15) is 4.21 Å². The molecule has 110 valence electrons. The number of fused-ring (bicyclic) bond motifs is 1. The third-order valence-electron chi connectivity index (χ3n) is 4.28. The molecular weight excluding hydrogens is 280 g/mol. The van der Waals surface area contributed by atoms with Gasteiger partial charge in [-0.25, -0.2) is 0 Å². The maximum atomic E-state index is 12.6. The van der Waals surface area contributed by atoms with Crippen LogP contribution in [0.15, 0.2) is 29.3 Å². The monoisotopic (exact) mass is 300 g/mol. The van der Waals surface area contributed by atoms with Gasteiger partial charge in [0.1, 0.15) is 0 Å². The second-order valence-electron chi connectivity index (χ2n) is 5.70. The van der Waals surface area contributed by atoms with Crippen molar-refractivity contribution in [1.29, 1.82) is 0 Å². The third-order valence-corrected chi connectivity index (χ3v) is 5.59. The van der Waals surface area contributed by atoms with Crippen LogP contribution in [0, 0.1) is 13.8 Å². The lowest BCUT2D eigenvalue weighted by Gasteiger charge is -2.10. The van der Waals surface area contributed by atoms with Crippen molar-refractivity contribution >= 4 is 16.5 Å². The maximum Gasteiger partial charge on any atom is 0.0709 e. The molecule has 1 heterocycles. The van der Waals surface area contributed by atoms with Gasteiger partial charge in [-0.15, -0.1) is 0 Å². The van der Waals surface area contributed by atoms with Crippen LogP contribution in [0.3, 0.4) is 0 Å². The number of nitrogens with zero attached hydrogens (tertiary/aromatic N) is 1. The van der Waals surface area contributed by atoms with Crippen molar-refractivity contribution in [2.75, 3.05) is 5.73 Å². The van der Waals surface area contributed by atoms with Crippen molar-refractivity contribution in [3.63, 3.8) is 0 Å². The molecule has 0 fully saturated rings. The number of rotatable bonds is 3. The van der Waals surface area contributed by atoms with Crippen LogP contribution < -0.4 is 5.73 Å². The highest BCUT2D eigenvalue weighted by Gasteiger charge is 2.15. The Kier molecular flexibility index (Phi) is 3.81. The molecule has 2 N–H and O–H groups in total. The Morgan fingerprint density at radius 3 is 2.81 bits per heavy atom. The van der Waals surface area contributed by atoms with Gasteiger partial charge in [-0.3, -0.25) is 9.19 Å². The van der Waals surface area contributed by atoms with Crippen molar-refractivity contribution < 1.29 is 4.21 Å². The lowest BCUT2D eigenvalue weighted by Crippen LogP contribution is -2.05. The van der Waals surface area contributed by atoms with Crippen molar-refractivity contribution in [3.8, 4) is 0 Å². The number of hydrogen-bond donors (Lipinski definition) is 1. The van der Waals surface area contributed by atoms with Crippen LogP contribution in [0.5, 0.6) is 0 Å². The molecule has 0 radical (unpaired) electrons. The smallest absolute Gasteiger partial charge is 0.0709 e. The molecule has 1 aliphatic carbocycles. The van der Waals surface area contributed by atoms with E-state index < -0.39 is 10.8 Å². The maximum absolute atomic E-state index is 12.6. The summed E-state index contributed by atoms with van der Waals surface area (Å²) in [7, 11) is -1.07. The summed E-state index contributed by atoms with van der Waals surface area (Å²) in [5, 5.41) is 0. The summed E-state index contributed by atoms with van der Waals surface area (Å²) < 4.78 is 12.6. The average Bonchev–Trinajstić information content (AvgIpc) is 2.95. The van der Waals surface area contributed by atoms with Crippen molar-refractivity contribution in [2.24, 2.45) is 0 Å². The summed E-state index contributed by atoms with van der Waals surface area (Å²) >= 11 is 0. The summed E-state index contributed by atoms with van der Waals surface area (Å²) in [4.78, 5) is 5.30. The summed E-state index contributed by atoms with van der Waals surface area (Å²) in [5.74, 6) is 0.426. The summed E-state index contributed by atoms with van der Waals surface area (Å²) in [6.45, 7) is 3.89. The predicted octanol–water partition coefficient (Wildman–Crippen LogP) is 3.08. The van der Waals surface area contributed by atoms with E-state index >= 15 is 0 Å². The van der Waals surface area contributed by atoms with Crippen LogP contribution in [0.1, 0.15) is 34.4 Å². The van der Waals surface area contributed by atoms with Gasteiger partial charge in [0.05, 0.1) is 22.2 Å². The topological polar surface area (TPSA) is 56.0 Å². The highest BCUT2D eigenvalue weighted by atomic mass is 32.2. The molecule has 1 aromatic carbocycles. The van der Waals surface area contributed by atoms with E-state index in [1.165, 1.54) is 17.5 Å². The molecular formula is C17H20N2OS. The fraction of sp³-hybridized carbons (Fsp3) is 0.353. The van der Waals surface area contributed by atoms with Crippen LogP contribution in [-0.4, -0.2) is 9.19 Å². The number of aromatic nitrogens is 1. The Balaban J connectivity index is 1.85. The number of hydrogen-bond acceptors (Lipinski definition) is 3. The molecule has 0 saturated heterocycles. The molecule has 3 nitrogen and oxygen atoms in total. The number of pyridine rings is 1. The summed E-state index contributed by atoms with van der Waals surface area (Å²) in [6, 6.07) is 6.22. The molecule has 0 amide bonds. The minimum absolute atomic E-state index is 0.426. The Hall–Kier alpha value is -1.68. The Morgan fingerprint density at radius 2 is 2.00 bits per heavy atom. The lowest BCUT2D eigenvalue weighted by atomic mass is 10.1. The highest BCUT2D eigenvalue weighted by molar-refractivity contribution is 7.84. The second-order valence-corrected chi connectivity index (χ2v) is 7.15. The van der Waals surface area contributed by atoms with Crippen LogP contribution in [0.4, 0.5) is 5.69 Å². The van der Waals surface area contributed by atoms with E-state index in [0.717, 1.165) is 40.2 Å². The Labute approximate surface area is 128 Å². The Morgan fingerprint density at radius 1 is 1.24 bits per heavy atom. The van der Waals surface area contributed by atoms with Crippen LogP contribution in [0.25, 0.3) is 0 Å². The van der Waals surface area contributed by atoms with Gasteiger partial charge in [0.15, 0.2) is 0 Å². The number of benzene rings is 1. The van der Waals surface area contributed by atoms with E-state index in [4.69, 9.17) is 5.73 Å². The summed E-state index contributed by atoms with van der Waals surface area (Å²) in [5.41, 5.74) is 12.3. The van der Waals surface area contributed by atoms with Gasteiger partial charge in [-0.2, -0.15) is 0 Å². The molecule has 21 heavy (non-hydrogen) atoms. The largest absolute Gasteiger partial charge is 0.398 e. The summed E-state index contributed by atoms with van der Waals surface area (Å²) in [6.07, 6.45) is 5.23. The minimum Gasteiger partial charge on any atom is -0.398 e. The third kappa shape index (κ3) is 2.72. The average molecular weight is 300 g/mol. The van der Waals surface area contributed by atoms with E-state index in [1.807, 2.05) is 19.9 Å². The SMILES string of the molecule is Cc1cnc(CS(=O)c2ccc3c(c2)CCC3)c(C)c1N. The highest BCUT2D eigenvalue weighted by Crippen LogP contribution is 2.26. The van der Waals surface area contributed by atoms with E-state index in [2.05, 4.69) is 17.1 Å². The first-order valence-electron chi connectivity index (χ1n) is 7.27. The lowest BCUT2D eigenvalue weighted by molar-refractivity contribution is 0.682. The van der Waals surface area contributed by atoms with E-state index in [-0.39, 0.29) is 0 Å². The van der Waals surface area contributed by atoms with Gasteiger partial charge in [-0.1, -0.05) is 6.07 Å². The fourth-order valence-electron chi connectivity index (χ4n) is 2.84. The van der Waals surface area contributed by atoms with Gasteiger partial charge >= 0.3 is 0 Å². The molecule has 3 rings (SSSR count). The van der Waals surface area contributed by atoms with Crippen molar-refractivity contribution in [3.05, 3.63) is 52.3 Å². The quantitative estimate of drug-likeness (QED) is 0.947. The first-order valence-corrected chi connectivity index (χ1v) is 8.59. The molecule has 2 aromatic rings. The molecule has 0 bridgehead atoms. The van der Waals surface area contributed by atoms with E-state index in [1.54, 1.807) is 6.20 Å². The zero-order valence-electron chi connectivity index (χ0n) is 12.5. The number of nitrogens with two attached hydrogens (primary N) is 1. The van der Waals surface area contributed by atoms with Gasteiger partial charge in [-0.05, 0) is 67.5 Å². The van der Waals surface area contributed by atoms with Crippen LogP contribution >= 0.6 is 0 Å². The molecule has 1 unspecified atom stereocenters. The molecule has 0 spiro atoms. The molecule has 1 aromatic heterocycles. The van der Waals surface area contributed by atoms with Crippen molar-refractivity contribution in [2.45, 2.75) is 43.8 Å². The van der Waals surface area contributed by atoms with Crippen LogP contribution in [-0.2, 0) is 29.4 Å². The number of aryl methyl sites for hydroxylation is 3. The molecule has 0 aliphatic heterocycles.